The van der Waals surface area contributed by atoms with Gasteiger partial charge in [-0.2, -0.15) is 0 Å². The molecule has 3 atom stereocenters. The number of morpholine rings is 1. The maximum Gasteiger partial charge on any atom is 0.257 e. The maximum absolute atomic E-state index is 12.8. The SMILES string of the molecule is O=C1NC2CC(C(=O)N3CCOCC3)CCC2S/C1=C/c1ccccc1Cl. The molecule has 3 unspecified atom stereocenters. The zero-order valence-corrected chi connectivity index (χ0v) is 16.6. The minimum Gasteiger partial charge on any atom is -0.378 e. The summed E-state index contributed by atoms with van der Waals surface area (Å²) >= 11 is 7.84. The predicted molar refractivity (Wildman–Crippen MR) is 107 cm³/mol. The van der Waals surface area contributed by atoms with Crippen molar-refractivity contribution < 1.29 is 14.3 Å². The van der Waals surface area contributed by atoms with Crippen molar-refractivity contribution >= 4 is 41.3 Å². The molecule has 1 N–H and O–H groups in total. The molecule has 1 aromatic carbocycles. The summed E-state index contributed by atoms with van der Waals surface area (Å²) < 4.78 is 5.34. The molecule has 2 aliphatic heterocycles. The number of nitrogens with one attached hydrogen (secondary N) is 1. The van der Waals surface area contributed by atoms with E-state index < -0.39 is 0 Å². The number of rotatable bonds is 2. The second-order valence-corrected chi connectivity index (χ2v) is 8.90. The van der Waals surface area contributed by atoms with Crippen LogP contribution in [0.25, 0.3) is 6.08 Å². The largest absolute Gasteiger partial charge is 0.378 e. The van der Waals surface area contributed by atoms with Crippen LogP contribution in [0, 0.1) is 5.92 Å². The highest BCUT2D eigenvalue weighted by atomic mass is 35.5. The molecule has 1 saturated carbocycles. The van der Waals surface area contributed by atoms with Crippen LogP contribution in [0.1, 0.15) is 24.8 Å². The number of hydrogen-bond acceptors (Lipinski definition) is 4. The van der Waals surface area contributed by atoms with Crippen molar-refractivity contribution in [2.75, 3.05) is 26.3 Å². The zero-order chi connectivity index (χ0) is 18.8. The fraction of sp³-hybridized carbons (Fsp3) is 0.500. The number of amides is 2. The third-order valence-corrected chi connectivity index (χ3v) is 7.24. The number of halogens is 1. The maximum atomic E-state index is 12.8. The Balaban J connectivity index is 1.42. The van der Waals surface area contributed by atoms with Crippen molar-refractivity contribution in [1.82, 2.24) is 10.2 Å². The van der Waals surface area contributed by atoms with Crippen molar-refractivity contribution in [1.29, 1.82) is 0 Å². The van der Waals surface area contributed by atoms with Gasteiger partial charge in [-0.15, -0.1) is 11.8 Å². The van der Waals surface area contributed by atoms with Gasteiger partial charge in [-0.1, -0.05) is 29.8 Å². The first-order valence-electron chi connectivity index (χ1n) is 9.42. The van der Waals surface area contributed by atoms with E-state index in [9.17, 15) is 9.59 Å². The third kappa shape index (κ3) is 4.18. The molecular weight excluding hydrogens is 384 g/mol. The van der Waals surface area contributed by atoms with Crippen LogP contribution in [0.15, 0.2) is 29.2 Å². The van der Waals surface area contributed by atoms with Gasteiger partial charge in [-0.3, -0.25) is 9.59 Å². The van der Waals surface area contributed by atoms with Crippen LogP contribution in [0.5, 0.6) is 0 Å². The Hall–Kier alpha value is -1.50. The molecule has 0 bridgehead atoms. The summed E-state index contributed by atoms with van der Waals surface area (Å²) in [6.07, 6.45) is 4.39. The molecule has 0 spiro atoms. The summed E-state index contributed by atoms with van der Waals surface area (Å²) in [4.78, 5) is 28.0. The number of nitrogens with zero attached hydrogens (tertiary/aromatic N) is 1. The van der Waals surface area contributed by atoms with E-state index in [1.807, 2.05) is 35.2 Å². The van der Waals surface area contributed by atoms with Crippen molar-refractivity contribution in [3.05, 3.63) is 39.8 Å². The van der Waals surface area contributed by atoms with Crippen LogP contribution in [0.2, 0.25) is 5.02 Å². The molecule has 4 rings (SSSR count). The van der Waals surface area contributed by atoms with Crippen LogP contribution in [0.4, 0.5) is 0 Å². The third-order valence-electron chi connectivity index (χ3n) is 5.47. The zero-order valence-electron chi connectivity index (χ0n) is 15.0. The van der Waals surface area contributed by atoms with Gasteiger partial charge in [0.15, 0.2) is 0 Å². The first-order valence-corrected chi connectivity index (χ1v) is 10.7. The molecule has 27 heavy (non-hydrogen) atoms. The molecule has 144 valence electrons. The van der Waals surface area contributed by atoms with E-state index in [1.165, 1.54) is 0 Å². The van der Waals surface area contributed by atoms with Gasteiger partial charge in [-0.05, 0) is 37.0 Å². The first-order chi connectivity index (χ1) is 13.1. The molecule has 2 amide bonds. The fourth-order valence-electron chi connectivity index (χ4n) is 3.99. The quantitative estimate of drug-likeness (QED) is 0.767. The van der Waals surface area contributed by atoms with Crippen molar-refractivity contribution in [2.24, 2.45) is 5.92 Å². The molecule has 0 radical (unpaired) electrons. The van der Waals surface area contributed by atoms with Crippen LogP contribution in [0.3, 0.4) is 0 Å². The van der Waals surface area contributed by atoms with Gasteiger partial charge in [0.2, 0.25) is 5.91 Å². The van der Waals surface area contributed by atoms with Gasteiger partial charge in [-0.25, -0.2) is 0 Å². The van der Waals surface area contributed by atoms with E-state index in [1.54, 1.807) is 11.8 Å². The highest BCUT2D eigenvalue weighted by Gasteiger charge is 2.40. The van der Waals surface area contributed by atoms with Gasteiger partial charge >= 0.3 is 0 Å². The highest BCUT2D eigenvalue weighted by molar-refractivity contribution is 8.04. The Labute approximate surface area is 168 Å². The van der Waals surface area contributed by atoms with Crippen molar-refractivity contribution in [3.63, 3.8) is 0 Å². The highest BCUT2D eigenvalue weighted by Crippen LogP contribution is 2.40. The van der Waals surface area contributed by atoms with Gasteiger partial charge in [0.05, 0.1) is 18.1 Å². The first kappa shape index (κ1) is 18.8. The molecule has 5 nitrogen and oxygen atoms in total. The molecule has 1 aliphatic carbocycles. The number of thioether (sulfide) groups is 1. The van der Waals surface area contributed by atoms with E-state index >= 15 is 0 Å². The summed E-state index contributed by atoms with van der Waals surface area (Å²) in [6, 6.07) is 7.57. The number of carbonyl (C=O) groups is 2. The Morgan fingerprint density at radius 3 is 2.81 bits per heavy atom. The van der Waals surface area contributed by atoms with E-state index in [2.05, 4.69) is 5.32 Å². The molecule has 1 aromatic rings. The summed E-state index contributed by atoms with van der Waals surface area (Å²) in [5.41, 5.74) is 0.853. The lowest BCUT2D eigenvalue weighted by Crippen LogP contribution is -2.53. The van der Waals surface area contributed by atoms with E-state index in [-0.39, 0.29) is 23.8 Å². The van der Waals surface area contributed by atoms with Crippen LogP contribution < -0.4 is 5.32 Å². The number of hydrogen-bond donors (Lipinski definition) is 1. The Morgan fingerprint density at radius 2 is 2.04 bits per heavy atom. The number of fused-ring (bicyclic) bond motifs is 1. The van der Waals surface area contributed by atoms with Gasteiger partial charge < -0.3 is 15.0 Å². The topological polar surface area (TPSA) is 58.6 Å². The summed E-state index contributed by atoms with van der Waals surface area (Å²) in [5, 5.41) is 4.08. The van der Waals surface area contributed by atoms with Crippen molar-refractivity contribution in [3.8, 4) is 0 Å². The lowest BCUT2D eigenvalue weighted by atomic mass is 9.84. The fourth-order valence-corrected chi connectivity index (χ4v) is 5.47. The van der Waals surface area contributed by atoms with Gasteiger partial charge in [0, 0.05) is 35.3 Å². The van der Waals surface area contributed by atoms with Crippen LogP contribution in [-0.4, -0.2) is 54.3 Å². The smallest absolute Gasteiger partial charge is 0.257 e. The molecule has 3 aliphatic rings. The van der Waals surface area contributed by atoms with Crippen LogP contribution >= 0.6 is 23.4 Å². The summed E-state index contributed by atoms with van der Waals surface area (Å²) in [7, 11) is 0. The monoisotopic (exact) mass is 406 g/mol. The molecule has 2 heterocycles. The second kappa shape index (κ2) is 8.25. The Bertz CT molecular complexity index is 763. The predicted octanol–water partition coefficient (Wildman–Crippen LogP) is 2.94. The molecule has 0 aromatic heterocycles. The van der Waals surface area contributed by atoms with Crippen molar-refractivity contribution in [2.45, 2.75) is 30.6 Å². The molecule has 2 saturated heterocycles. The molecule has 7 heteroatoms. The van der Waals surface area contributed by atoms with Gasteiger partial charge in [0.1, 0.15) is 0 Å². The Kier molecular flexibility index (Phi) is 5.76. The minimum atomic E-state index is -0.0689. The number of benzene rings is 1. The minimum absolute atomic E-state index is 0.000604. The second-order valence-electron chi connectivity index (χ2n) is 7.21. The standard InChI is InChI=1S/C20H23ClN2O3S/c21-15-4-2-1-3-13(15)12-18-19(24)22-16-11-14(5-6-17(16)27-18)20(25)23-7-9-26-10-8-23/h1-4,12,14,16-17H,5-11H2,(H,22,24)/b18-12+. The van der Waals surface area contributed by atoms with E-state index in [0.29, 0.717) is 41.5 Å². The number of ether oxygens (including phenoxy) is 1. The van der Waals surface area contributed by atoms with E-state index in [0.717, 1.165) is 24.8 Å². The normalized spacial score (nSPS) is 30.0. The summed E-state index contributed by atoms with van der Waals surface area (Å²) in [6.45, 7) is 2.59. The van der Waals surface area contributed by atoms with Crippen LogP contribution in [-0.2, 0) is 14.3 Å². The molecule has 3 fully saturated rings. The molecular formula is C20H23ClN2O3S. The lowest BCUT2D eigenvalue weighted by Gasteiger charge is -2.41. The lowest BCUT2D eigenvalue weighted by molar-refractivity contribution is -0.141. The average molecular weight is 407 g/mol. The average Bonchev–Trinajstić information content (AvgIpc) is 2.70. The van der Waals surface area contributed by atoms with E-state index in [4.69, 9.17) is 16.3 Å². The van der Waals surface area contributed by atoms with Gasteiger partial charge in [0.25, 0.3) is 5.91 Å². The Morgan fingerprint density at radius 1 is 1.26 bits per heavy atom. The number of carbonyl (C=O) groups excluding carboxylic acids is 2. The summed E-state index contributed by atoms with van der Waals surface area (Å²) in [5.74, 6) is 0.147.